The van der Waals surface area contributed by atoms with Gasteiger partial charge in [-0.15, -0.1) is 0 Å². The molecule has 0 aliphatic carbocycles. The Balaban J connectivity index is 1.89. The summed E-state index contributed by atoms with van der Waals surface area (Å²) in [5.41, 5.74) is 0.187. The fourth-order valence-corrected chi connectivity index (χ4v) is 2.96. The molecule has 0 bridgehead atoms. The fourth-order valence-electron chi connectivity index (χ4n) is 2.71. The van der Waals surface area contributed by atoms with Crippen molar-refractivity contribution in [1.82, 2.24) is 15.0 Å². The lowest BCUT2D eigenvalue weighted by Crippen LogP contribution is -2.45. The number of benzene rings is 2. The molecule has 0 unspecified atom stereocenters. The maximum atomic E-state index is 13.2. The Hall–Kier alpha value is -3.26. The number of nitrogens with zero attached hydrogens (tertiary/aromatic N) is 4. The predicted octanol–water partition coefficient (Wildman–Crippen LogP) is 4.74. The lowest BCUT2D eigenvalue weighted by Gasteiger charge is -2.34. The molecular formula is C20H19ClN4O4. The van der Waals surface area contributed by atoms with Crippen molar-refractivity contribution < 1.29 is 14.2 Å². The maximum absolute atomic E-state index is 13.2. The molecule has 3 aromatic rings. The van der Waals surface area contributed by atoms with Crippen LogP contribution in [0.3, 0.4) is 0 Å². The molecule has 0 fully saturated rings. The summed E-state index contributed by atoms with van der Waals surface area (Å²) in [6.45, 7) is 5.64. The highest BCUT2D eigenvalue weighted by atomic mass is 35.5. The minimum atomic E-state index is -0.594. The van der Waals surface area contributed by atoms with Gasteiger partial charge in [0.1, 0.15) is 6.54 Å². The van der Waals surface area contributed by atoms with Crippen LogP contribution < -0.4 is 0 Å². The monoisotopic (exact) mass is 414 g/mol. The van der Waals surface area contributed by atoms with E-state index in [-0.39, 0.29) is 28.7 Å². The van der Waals surface area contributed by atoms with Crippen LogP contribution in [0.1, 0.15) is 37.0 Å². The summed E-state index contributed by atoms with van der Waals surface area (Å²) in [5, 5.41) is 14.9. The van der Waals surface area contributed by atoms with Crippen molar-refractivity contribution in [3.63, 3.8) is 0 Å². The second-order valence-electron chi connectivity index (χ2n) is 7.36. The number of rotatable bonds is 5. The van der Waals surface area contributed by atoms with Crippen molar-refractivity contribution >= 4 is 23.2 Å². The smallest absolute Gasteiger partial charge is 0.270 e. The summed E-state index contributed by atoms with van der Waals surface area (Å²) < 4.78 is 5.33. The Morgan fingerprint density at radius 2 is 1.90 bits per heavy atom. The molecule has 0 N–H and O–H groups in total. The molecule has 0 saturated heterocycles. The molecule has 1 amide bonds. The average Bonchev–Trinajstić information content (AvgIpc) is 3.14. The number of amides is 1. The van der Waals surface area contributed by atoms with E-state index >= 15 is 0 Å². The minimum Gasteiger partial charge on any atom is -0.337 e. The summed E-state index contributed by atoms with van der Waals surface area (Å²) in [6.07, 6.45) is 0. The fraction of sp³-hybridized carbons (Fsp3) is 0.250. The van der Waals surface area contributed by atoms with E-state index < -0.39 is 16.4 Å². The number of hydrogen-bond donors (Lipinski definition) is 0. The van der Waals surface area contributed by atoms with Gasteiger partial charge in [-0.25, -0.2) is 0 Å². The van der Waals surface area contributed by atoms with Crippen molar-refractivity contribution in [3.05, 3.63) is 75.1 Å². The zero-order chi connectivity index (χ0) is 21.2. The topological polar surface area (TPSA) is 102 Å². The second-order valence-corrected chi connectivity index (χ2v) is 7.77. The van der Waals surface area contributed by atoms with Gasteiger partial charge in [0.2, 0.25) is 11.7 Å². The molecule has 150 valence electrons. The first-order chi connectivity index (χ1) is 13.7. The van der Waals surface area contributed by atoms with Gasteiger partial charge in [0.15, 0.2) is 0 Å². The zero-order valence-corrected chi connectivity index (χ0v) is 16.9. The molecule has 1 aromatic heterocycles. The van der Waals surface area contributed by atoms with E-state index in [9.17, 15) is 14.9 Å². The van der Waals surface area contributed by atoms with Crippen LogP contribution in [-0.4, -0.2) is 31.4 Å². The number of non-ortho nitro benzene ring substituents is 1. The van der Waals surface area contributed by atoms with Gasteiger partial charge in [0.05, 0.1) is 15.5 Å². The zero-order valence-electron chi connectivity index (χ0n) is 16.1. The molecular weight excluding hydrogens is 396 g/mol. The summed E-state index contributed by atoms with van der Waals surface area (Å²) in [7, 11) is 0. The van der Waals surface area contributed by atoms with Gasteiger partial charge < -0.3 is 9.42 Å². The maximum Gasteiger partial charge on any atom is 0.270 e. The number of carbonyl (C=O) groups is 1. The van der Waals surface area contributed by atoms with Crippen LogP contribution in [0, 0.1) is 10.1 Å². The Bertz CT molecular complexity index is 1040. The third-order valence-corrected chi connectivity index (χ3v) is 4.55. The van der Waals surface area contributed by atoms with E-state index in [0.29, 0.717) is 5.82 Å². The number of carbonyl (C=O) groups excluding carboxylic acids is 1. The van der Waals surface area contributed by atoms with Crippen LogP contribution in [0.15, 0.2) is 53.1 Å². The molecule has 0 spiro atoms. The molecule has 2 aromatic carbocycles. The van der Waals surface area contributed by atoms with Crippen molar-refractivity contribution in [3.8, 4) is 11.4 Å². The first-order valence-electron chi connectivity index (χ1n) is 8.81. The van der Waals surface area contributed by atoms with Gasteiger partial charge in [-0.2, -0.15) is 4.98 Å². The third-order valence-electron chi connectivity index (χ3n) is 4.24. The molecule has 0 saturated carbocycles. The van der Waals surface area contributed by atoms with Crippen LogP contribution in [0.4, 0.5) is 5.69 Å². The summed E-state index contributed by atoms with van der Waals surface area (Å²) in [4.78, 5) is 29.4. The SMILES string of the molecule is CC(C)(C)N(Cc1nc(-c2ccccc2)no1)C(=O)c1ccc([N+](=O)[O-])cc1Cl. The quantitative estimate of drug-likeness (QED) is 0.441. The molecule has 8 nitrogen and oxygen atoms in total. The van der Waals surface area contributed by atoms with E-state index in [1.165, 1.54) is 17.0 Å². The number of hydrogen-bond acceptors (Lipinski definition) is 6. The molecule has 0 aliphatic rings. The van der Waals surface area contributed by atoms with E-state index in [1.54, 1.807) is 0 Å². The molecule has 1 heterocycles. The van der Waals surface area contributed by atoms with Crippen LogP contribution >= 0.6 is 11.6 Å². The normalized spacial score (nSPS) is 11.3. The van der Waals surface area contributed by atoms with Gasteiger partial charge in [-0.05, 0) is 26.8 Å². The van der Waals surface area contributed by atoms with Crippen LogP contribution in [0.2, 0.25) is 5.02 Å². The number of nitro groups is 1. The third kappa shape index (κ3) is 4.60. The van der Waals surface area contributed by atoms with Crippen molar-refractivity contribution in [2.75, 3.05) is 0 Å². The number of nitro benzene ring substituents is 1. The Labute approximate surface area is 172 Å². The molecule has 9 heteroatoms. The van der Waals surface area contributed by atoms with Gasteiger partial charge in [0.25, 0.3) is 11.6 Å². The van der Waals surface area contributed by atoms with E-state index in [4.69, 9.17) is 16.1 Å². The predicted molar refractivity (Wildman–Crippen MR) is 107 cm³/mol. The lowest BCUT2D eigenvalue weighted by atomic mass is 10.0. The summed E-state index contributed by atoms with van der Waals surface area (Å²) >= 11 is 6.15. The largest absolute Gasteiger partial charge is 0.337 e. The molecule has 3 rings (SSSR count). The number of halogens is 1. The highest BCUT2D eigenvalue weighted by Gasteiger charge is 2.31. The van der Waals surface area contributed by atoms with Crippen LogP contribution in [0.5, 0.6) is 0 Å². The standard InChI is InChI=1S/C20H19ClN4O4/c1-20(2,3)24(19(26)15-10-9-14(25(27)28)11-16(15)21)12-17-22-18(23-29-17)13-7-5-4-6-8-13/h4-11H,12H2,1-3H3. The second kappa shape index (κ2) is 8.00. The van der Waals surface area contributed by atoms with E-state index in [0.717, 1.165) is 11.6 Å². The highest BCUT2D eigenvalue weighted by molar-refractivity contribution is 6.34. The molecule has 0 radical (unpaired) electrons. The van der Waals surface area contributed by atoms with Gasteiger partial charge >= 0.3 is 0 Å². The first-order valence-corrected chi connectivity index (χ1v) is 9.18. The molecule has 29 heavy (non-hydrogen) atoms. The van der Waals surface area contributed by atoms with Crippen LogP contribution in [0.25, 0.3) is 11.4 Å². The Kier molecular flexibility index (Phi) is 5.65. The van der Waals surface area contributed by atoms with Crippen molar-refractivity contribution in [2.24, 2.45) is 0 Å². The average molecular weight is 415 g/mol. The highest BCUT2D eigenvalue weighted by Crippen LogP contribution is 2.27. The van der Waals surface area contributed by atoms with Gasteiger partial charge in [0, 0.05) is 23.2 Å². The minimum absolute atomic E-state index is 0.00829. The summed E-state index contributed by atoms with van der Waals surface area (Å²) in [6, 6.07) is 13.1. The number of aromatic nitrogens is 2. The van der Waals surface area contributed by atoms with Crippen molar-refractivity contribution in [2.45, 2.75) is 32.9 Å². The lowest BCUT2D eigenvalue weighted by molar-refractivity contribution is -0.384. The van der Waals surface area contributed by atoms with Gasteiger partial charge in [-0.1, -0.05) is 47.1 Å². The Morgan fingerprint density at radius 3 is 2.48 bits per heavy atom. The summed E-state index contributed by atoms with van der Waals surface area (Å²) in [5.74, 6) is 0.303. The van der Waals surface area contributed by atoms with Crippen LogP contribution in [-0.2, 0) is 6.54 Å². The van der Waals surface area contributed by atoms with Crippen molar-refractivity contribution in [1.29, 1.82) is 0 Å². The molecule has 0 atom stereocenters. The van der Waals surface area contributed by atoms with Gasteiger partial charge in [-0.3, -0.25) is 14.9 Å². The van der Waals surface area contributed by atoms with E-state index in [2.05, 4.69) is 10.1 Å². The Morgan fingerprint density at radius 1 is 1.21 bits per heavy atom. The first kappa shape index (κ1) is 20.5. The van der Waals surface area contributed by atoms with E-state index in [1.807, 2.05) is 51.1 Å². The molecule has 0 aliphatic heterocycles.